The van der Waals surface area contributed by atoms with Crippen molar-refractivity contribution >= 4 is 17.6 Å². The lowest BCUT2D eigenvalue weighted by Gasteiger charge is -2.15. The van der Waals surface area contributed by atoms with Crippen LogP contribution in [0.3, 0.4) is 0 Å². The largest absolute Gasteiger partial charge is 0.489 e. The molecule has 2 aromatic carbocycles. The number of carboxylic acids is 1. The number of nitrogens with one attached hydrogen (secondary N) is 1. The molecule has 0 saturated heterocycles. The number of hydrogen-bond donors (Lipinski definition) is 2. The average Bonchev–Trinajstić information content (AvgIpc) is 3.45. The van der Waals surface area contributed by atoms with Gasteiger partial charge in [0.05, 0.1) is 16.8 Å². The van der Waals surface area contributed by atoms with Crippen LogP contribution >= 0.6 is 0 Å². The van der Waals surface area contributed by atoms with E-state index in [-0.39, 0.29) is 34.4 Å². The summed E-state index contributed by atoms with van der Waals surface area (Å²) in [5, 5.41) is 11.9. The third-order valence-corrected chi connectivity index (χ3v) is 4.20. The Kier molecular flexibility index (Phi) is 5.26. The van der Waals surface area contributed by atoms with Crippen molar-refractivity contribution in [1.82, 2.24) is 0 Å². The predicted octanol–water partition coefficient (Wildman–Crippen LogP) is 4.47. The van der Waals surface area contributed by atoms with Crippen molar-refractivity contribution in [3.63, 3.8) is 0 Å². The number of rotatable bonds is 6. The molecule has 1 amide bonds. The number of halogens is 4. The second-order valence-corrected chi connectivity index (χ2v) is 6.36. The maximum atomic E-state index is 13.2. The summed E-state index contributed by atoms with van der Waals surface area (Å²) in [5.41, 5.74) is -1.63. The monoisotopic (exact) mass is 397 g/mol. The van der Waals surface area contributed by atoms with E-state index in [4.69, 9.17) is 4.74 Å². The number of ether oxygens (including phenoxy) is 1. The summed E-state index contributed by atoms with van der Waals surface area (Å²) in [6.07, 6.45) is -3.27. The number of carbonyl (C=O) groups excluding carboxylic acids is 1. The molecule has 1 fully saturated rings. The van der Waals surface area contributed by atoms with Gasteiger partial charge in [-0.3, -0.25) is 4.79 Å². The average molecular weight is 397 g/mol. The number of carboxylic acid groups (broad SMARTS) is 1. The standard InChI is InChI=1S/C19H15F4NO4/c20-12-4-3-11(15(7-12)19(21,22)23)9-28-13-5-6-16(14(8-13)18(26)27)24-17(25)10-1-2-10/h3-8,10H,1-2,9H2,(H,24,25)(H,26,27). The van der Waals surface area contributed by atoms with Gasteiger partial charge in [-0.05, 0) is 43.2 Å². The van der Waals surface area contributed by atoms with E-state index in [1.165, 1.54) is 12.1 Å². The van der Waals surface area contributed by atoms with Crippen LogP contribution in [0, 0.1) is 11.7 Å². The van der Waals surface area contributed by atoms with Crippen molar-refractivity contribution < 1.29 is 37.0 Å². The molecule has 0 heterocycles. The van der Waals surface area contributed by atoms with Gasteiger partial charge >= 0.3 is 12.1 Å². The topological polar surface area (TPSA) is 75.6 Å². The summed E-state index contributed by atoms with van der Waals surface area (Å²) in [6, 6.07) is 5.98. The van der Waals surface area contributed by atoms with Crippen molar-refractivity contribution in [2.75, 3.05) is 5.32 Å². The van der Waals surface area contributed by atoms with Crippen LogP contribution in [0.4, 0.5) is 23.2 Å². The highest BCUT2D eigenvalue weighted by atomic mass is 19.4. The summed E-state index contributed by atoms with van der Waals surface area (Å²) < 4.78 is 57.5. The molecule has 1 saturated carbocycles. The molecule has 3 rings (SSSR count). The smallest absolute Gasteiger partial charge is 0.416 e. The molecular formula is C19H15F4NO4. The zero-order valence-corrected chi connectivity index (χ0v) is 14.3. The third kappa shape index (κ3) is 4.59. The molecule has 0 spiro atoms. The Morgan fingerprint density at radius 1 is 1.14 bits per heavy atom. The quantitative estimate of drug-likeness (QED) is 0.706. The molecule has 5 nitrogen and oxygen atoms in total. The van der Waals surface area contributed by atoms with Crippen molar-refractivity contribution in [2.45, 2.75) is 25.6 Å². The molecule has 28 heavy (non-hydrogen) atoms. The number of amides is 1. The van der Waals surface area contributed by atoms with Gasteiger partial charge in [-0.2, -0.15) is 13.2 Å². The Labute approximate surface area is 156 Å². The molecule has 1 aliphatic carbocycles. The molecule has 0 unspecified atom stereocenters. The zero-order chi connectivity index (χ0) is 20.5. The highest BCUT2D eigenvalue weighted by Crippen LogP contribution is 2.34. The lowest BCUT2D eigenvalue weighted by Crippen LogP contribution is -2.16. The summed E-state index contributed by atoms with van der Waals surface area (Å²) in [6.45, 7) is -0.540. The summed E-state index contributed by atoms with van der Waals surface area (Å²) >= 11 is 0. The summed E-state index contributed by atoms with van der Waals surface area (Å²) in [4.78, 5) is 23.3. The molecule has 0 aliphatic heterocycles. The Hall–Kier alpha value is -3.10. The fourth-order valence-corrected chi connectivity index (χ4v) is 2.58. The van der Waals surface area contributed by atoms with Crippen LogP contribution < -0.4 is 10.1 Å². The van der Waals surface area contributed by atoms with Gasteiger partial charge in [-0.25, -0.2) is 9.18 Å². The van der Waals surface area contributed by atoms with E-state index in [0.29, 0.717) is 6.07 Å². The molecule has 9 heteroatoms. The van der Waals surface area contributed by atoms with Crippen molar-refractivity contribution in [2.24, 2.45) is 5.92 Å². The number of anilines is 1. The summed E-state index contributed by atoms with van der Waals surface area (Å²) in [7, 11) is 0. The van der Waals surface area contributed by atoms with Crippen LogP contribution in [0.1, 0.15) is 34.3 Å². The first-order valence-corrected chi connectivity index (χ1v) is 8.32. The molecule has 0 bridgehead atoms. The van der Waals surface area contributed by atoms with Crippen LogP contribution in [0.25, 0.3) is 0 Å². The lowest BCUT2D eigenvalue weighted by molar-refractivity contribution is -0.138. The van der Waals surface area contributed by atoms with Gasteiger partial charge in [0.2, 0.25) is 5.91 Å². The molecule has 0 aromatic heterocycles. The van der Waals surface area contributed by atoms with Gasteiger partial charge in [0.1, 0.15) is 18.2 Å². The second kappa shape index (κ2) is 7.49. The van der Waals surface area contributed by atoms with Crippen molar-refractivity contribution in [3.05, 3.63) is 58.9 Å². The fraction of sp³-hybridized carbons (Fsp3) is 0.263. The van der Waals surface area contributed by atoms with Crippen molar-refractivity contribution in [3.8, 4) is 5.75 Å². The number of benzene rings is 2. The summed E-state index contributed by atoms with van der Waals surface area (Å²) in [5.74, 6) is -2.76. The SMILES string of the molecule is O=C(O)c1cc(OCc2ccc(F)cc2C(F)(F)F)ccc1NC(=O)C1CC1. The molecule has 2 aromatic rings. The maximum absolute atomic E-state index is 13.2. The normalized spacial score (nSPS) is 13.9. The lowest BCUT2D eigenvalue weighted by atomic mass is 10.1. The maximum Gasteiger partial charge on any atom is 0.416 e. The first-order chi connectivity index (χ1) is 13.1. The van der Waals surface area contributed by atoms with E-state index in [9.17, 15) is 32.3 Å². The van der Waals surface area contributed by atoms with Gasteiger partial charge in [0, 0.05) is 11.5 Å². The molecule has 2 N–H and O–H groups in total. The molecule has 1 aliphatic rings. The van der Waals surface area contributed by atoms with E-state index in [1.807, 2.05) is 0 Å². The second-order valence-electron chi connectivity index (χ2n) is 6.36. The first-order valence-electron chi connectivity index (χ1n) is 8.32. The van der Waals surface area contributed by atoms with E-state index >= 15 is 0 Å². The minimum absolute atomic E-state index is 0.000676. The molecule has 0 atom stereocenters. The van der Waals surface area contributed by atoms with Crippen LogP contribution in [0.15, 0.2) is 36.4 Å². The van der Waals surface area contributed by atoms with Gasteiger partial charge in [-0.15, -0.1) is 0 Å². The zero-order valence-electron chi connectivity index (χ0n) is 14.3. The van der Waals surface area contributed by atoms with Crippen LogP contribution in [0.2, 0.25) is 0 Å². The molecular weight excluding hydrogens is 382 g/mol. The predicted molar refractivity (Wildman–Crippen MR) is 90.5 cm³/mol. The van der Waals surface area contributed by atoms with Gasteiger partial charge in [-0.1, -0.05) is 6.07 Å². The fourth-order valence-electron chi connectivity index (χ4n) is 2.58. The van der Waals surface area contributed by atoms with E-state index in [0.717, 1.165) is 31.0 Å². The first kappa shape index (κ1) is 19.7. The Balaban J connectivity index is 1.79. The minimum Gasteiger partial charge on any atom is -0.489 e. The Morgan fingerprint density at radius 3 is 2.46 bits per heavy atom. The van der Waals surface area contributed by atoms with Gasteiger partial charge in [0.15, 0.2) is 0 Å². The van der Waals surface area contributed by atoms with Gasteiger partial charge in [0.25, 0.3) is 0 Å². The van der Waals surface area contributed by atoms with Crippen LogP contribution in [-0.4, -0.2) is 17.0 Å². The number of carbonyl (C=O) groups is 2. The van der Waals surface area contributed by atoms with Crippen molar-refractivity contribution in [1.29, 1.82) is 0 Å². The highest BCUT2D eigenvalue weighted by molar-refractivity contribution is 6.02. The Bertz CT molecular complexity index is 923. The third-order valence-electron chi connectivity index (χ3n) is 4.20. The van der Waals surface area contributed by atoms with E-state index in [2.05, 4.69) is 5.32 Å². The Morgan fingerprint density at radius 2 is 1.86 bits per heavy atom. The number of alkyl halides is 3. The molecule has 0 radical (unpaired) electrons. The highest BCUT2D eigenvalue weighted by Gasteiger charge is 2.34. The number of hydrogen-bond acceptors (Lipinski definition) is 3. The van der Waals surface area contributed by atoms with Crippen LogP contribution in [0.5, 0.6) is 5.75 Å². The van der Waals surface area contributed by atoms with Gasteiger partial charge < -0.3 is 15.2 Å². The minimum atomic E-state index is -4.76. The molecule has 148 valence electrons. The van der Waals surface area contributed by atoms with Crippen LogP contribution in [-0.2, 0) is 17.6 Å². The number of aromatic carboxylic acids is 1. The van der Waals surface area contributed by atoms with E-state index < -0.39 is 30.1 Å². The van der Waals surface area contributed by atoms with E-state index in [1.54, 1.807) is 0 Å².